The number of carbonyl (C=O) groups excluding carboxylic acids is 2. The molecule has 0 aromatic heterocycles. The summed E-state index contributed by atoms with van der Waals surface area (Å²) in [6.45, 7) is 5.97. The van der Waals surface area contributed by atoms with Gasteiger partial charge in [0, 0.05) is 11.2 Å². The lowest BCUT2D eigenvalue weighted by molar-refractivity contribution is -0.120. The Morgan fingerprint density at radius 3 is 2.21 bits per heavy atom. The van der Waals surface area contributed by atoms with E-state index in [4.69, 9.17) is 0 Å². The van der Waals surface area contributed by atoms with Crippen molar-refractivity contribution < 1.29 is 14.3 Å². The first-order chi connectivity index (χ1) is 8.81. The van der Waals surface area contributed by atoms with Gasteiger partial charge in [-0.2, -0.15) is 0 Å². The molecule has 0 aliphatic heterocycles. The molecule has 0 atom stereocenters. The molecule has 1 aromatic rings. The number of hydrogen-bond acceptors (Lipinski definition) is 4. The largest absolute Gasteiger partial charge is 0.465 e. The van der Waals surface area contributed by atoms with Crippen LogP contribution in [-0.4, -0.2) is 31.1 Å². The van der Waals surface area contributed by atoms with Gasteiger partial charge >= 0.3 is 5.97 Å². The molecule has 1 rings (SSSR count). The van der Waals surface area contributed by atoms with Crippen LogP contribution >= 0.6 is 0 Å². The summed E-state index contributed by atoms with van der Waals surface area (Å²) in [4.78, 5) is 22.8. The molecule has 0 heterocycles. The summed E-state index contributed by atoms with van der Waals surface area (Å²) < 4.78 is 4.61. The van der Waals surface area contributed by atoms with Crippen molar-refractivity contribution in [2.45, 2.75) is 26.3 Å². The molecule has 0 bridgehead atoms. The van der Waals surface area contributed by atoms with Crippen LogP contribution in [0.15, 0.2) is 24.3 Å². The molecule has 19 heavy (non-hydrogen) atoms. The first-order valence-corrected chi connectivity index (χ1v) is 6.05. The maximum atomic E-state index is 11.6. The van der Waals surface area contributed by atoms with Crippen LogP contribution in [0.3, 0.4) is 0 Å². The molecule has 104 valence electrons. The topological polar surface area (TPSA) is 67.4 Å². The first kappa shape index (κ1) is 15.0. The summed E-state index contributed by atoms with van der Waals surface area (Å²) in [6, 6.07) is 6.76. The Labute approximate surface area is 113 Å². The van der Waals surface area contributed by atoms with Gasteiger partial charge in [-0.3, -0.25) is 4.79 Å². The summed E-state index contributed by atoms with van der Waals surface area (Å²) in [5.41, 5.74) is 1.01. The molecule has 0 spiro atoms. The van der Waals surface area contributed by atoms with E-state index in [0.717, 1.165) is 5.69 Å². The third-order valence-electron chi connectivity index (χ3n) is 2.27. The number of benzene rings is 1. The fourth-order valence-corrected chi connectivity index (χ4v) is 1.49. The van der Waals surface area contributed by atoms with Crippen molar-refractivity contribution >= 4 is 17.6 Å². The second kappa shape index (κ2) is 6.22. The zero-order valence-electron chi connectivity index (χ0n) is 11.7. The zero-order valence-corrected chi connectivity index (χ0v) is 11.7. The average molecular weight is 264 g/mol. The maximum Gasteiger partial charge on any atom is 0.337 e. The number of carbonyl (C=O) groups is 2. The van der Waals surface area contributed by atoms with Gasteiger partial charge in [0.15, 0.2) is 0 Å². The fourth-order valence-electron chi connectivity index (χ4n) is 1.49. The Morgan fingerprint density at radius 1 is 1.16 bits per heavy atom. The summed E-state index contributed by atoms with van der Waals surface area (Å²) in [5.74, 6) is -0.457. The van der Waals surface area contributed by atoms with Gasteiger partial charge in [0.2, 0.25) is 5.91 Å². The van der Waals surface area contributed by atoms with E-state index in [1.807, 2.05) is 20.8 Å². The number of rotatable bonds is 4. The lowest BCUT2D eigenvalue weighted by Crippen LogP contribution is -2.43. The summed E-state index contributed by atoms with van der Waals surface area (Å²) in [5, 5.41) is 5.84. The maximum absolute atomic E-state index is 11.6. The predicted octanol–water partition coefficient (Wildman–Crippen LogP) is 1.80. The molecule has 0 unspecified atom stereocenters. The Hall–Kier alpha value is -2.04. The number of esters is 1. The summed E-state index contributed by atoms with van der Waals surface area (Å²) >= 11 is 0. The van der Waals surface area contributed by atoms with Crippen LogP contribution in [0, 0.1) is 0 Å². The molecule has 0 aliphatic rings. The molecule has 0 saturated carbocycles. The van der Waals surface area contributed by atoms with E-state index in [1.165, 1.54) is 7.11 Å². The van der Waals surface area contributed by atoms with Crippen molar-refractivity contribution in [3.63, 3.8) is 0 Å². The number of methoxy groups -OCH3 is 1. The van der Waals surface area contributed by atoms with Crippen LogP contribution < -0.4 is 10.6 Å². The Bertz CT molecular complexity index is 447. The van der Waals surface area contributed by atoms with E-state index in [9.17, 15) is 9.59 Å². The standard InChI is InChI=1S/C14H20N2O3/c1-14(2,3)16-12(17)9-15-11-7-5-10(6-8-11)13(18)19-4/h5-8,15H,9H2,1-4H3,(H,16,17). The van der Waals surface area contributed by atoms with Gasteiger partial charge in [0.05, 0.1) is 19.2 Å². The van der Waals surface area contributed by atoms with Gasteiger partial charge in [-0.05, 0) is 45.0 Å². The van der Waals surface area contributed by atoms with E-state index in [-0.39, 0.29) is 24.0 Å². The van der Waals surface area contributed by atoms with Gasteiger partial charge in [-0.1, -0.05) is 0 Å². The van der Waals surface area contributed by atoms with Gasteiger partial charge in [0.25, 0.3) is 0 Å². The van der Waals surface area contributed by atoms with Crippen molar-refractivity contribution in [2.24, 2.45) is 0 Å². The quantitative estimate of drug-likeness (QED) is 0.814. The summed E-state index contributed by atoms with van der Waals surface area (Å²) in [6.07, 6.45) is 0. The number of ether oxygens (including phenoxy) is 1. The minimum Gasteiger partial charge on any atom is -0.465 e. The van der Waals surface area contributed by atoms with Crippen molar-refractivity contribution in [2.75, 3.05) is 19.0 Å². The molecule has 0 fully saturated rings. The number of amides is 1. The average Bonchev–Trinajstić information content (AvgIpc) is 2.34. The van der Waals surface area contributed by atoms with Crippen LogP contribution in [0.2, 0.25) is 0 Å². The van der Waals surface area contributed by atoms with Crippen LogP contribution in [0.1, 0.15) is 31.1 Å². The highest BCUT2D eigenvalue weighted by Crippen LogP contribution is 2.10. The van der Waals surface area contributed by atoms with E-state index >= 15 is 0 Å². The van der Waals surface area contributed by atoms with Crippen LogP contribution in [0.4, 0.5) is 5.69 Å². The highest BCUT2D eigenvalue weighted by atomic mass is 16.5. The summed E-state index contributed by atoms with van der Waals surface area (Å²) in [7, 11) is 1.34. The third kappa shape index (κ3) is 5.42. The lowest BCUT2D eigenvalue weighted by Gasteiger charge is -2.20. The lowest BCUT2D eigenvalue weighted by atomic mass is 10.1. The number of nitrogens with one attached hydrogen (secondary N) is 2. The molecule has 2 N–H and O–H groups in total. The van der Waals surface area contributed by atoms with E-state index in [0.29, 0.717) is 5.56 Å². The van der Waals surface area contributed by atoms with Crippen LogP contribution in [0.5, 0.6) is 0 Å². The molecule has 1 amide bonds. The minimum absolute atomic E-state index is 0.0791. The molecular formula is C14H20N2O3. The third-order valence-corrected chi connectivity index (χ3v) is 2.27. The molecule has 0 aliphatic carbocycles. The molecule has 1 aromatic carbocycles. The van der Waals surface area contributed by atoms with Crippen molar-refractivity contribution in [3.8, 4) is 0 Å². The SMILES string of the molecule is COC(=O)c1ccc(NCC(=O)NC(C)(C)C)cc1. The number of anilines is 1. The van der Waals surface area contributed by atoms with Crippen LogP contribution in [0.25, 0.3) is 0 Å². The van der Waals surface area contributed by atoms with Gasteiger partial charge in [0.1, 0.15) is 0 Å². The van der Waals surface area contributed by atoms with E-state index < -0.39 is 0 Å². The van der Waals surface area contributed by atoms with Crippen molar-refractivity contribution in [1.82, 2.24) is 5.32 Å². The first-order valence-electron chi connectivity index (χ1n) is 6.05. The molecule has 5 nitrogen and oxygen atoms in total. The Balaban J connectivity index is 2.50. The second-order valence-corrected chi connectivity index (χ2v) is 5.22. The smallest absolute Gasteiger partial charge is 0.337 e. The Morgan fingerprint density at radius 2 is 1.74 bits per heavy atom. The molecular weight excluding hydrogens is 244 g/mol. The van der Waals surface area contributed by atoms with Gasteiger partial charge < -0.3 is 15.4 Å². The Kier molecular flexibility index (Phi) is 4.92. The normalized spacial score (nSPS) is 10.7. The zero-order chi connectivity index (χ0) is 14.5. The molecule has 0 saturated heterocycles. The van der Waals surface area contributed by atoms with Crippen molar-refractivity contribution in [1.29, 1.82) is 0 Å². The fraction of sp³-hybridized carbons (Fsp3) is 0.429. The van der Waals surface area contributed by atoms with E-state index in [2.05, 4.69) is 15.4 Å². The van der Waals surface area contributed by atoms with Crippen LogP contribution in [-0.2, 0) is 9.53 Å². The molecule has 0 radical (unpaired) electrons. The van der Waals surface area contributed by atoms with E-state index in [1.54, 1.807) is 24.3 Å². The highest BCUT2D eigenvalue weighted by molar-refractivity contribution is 5.89. The van der Waals surface area contributed by atoms with Crippen molar-refractivity contribution in [3.05, 3.63) is 29.8 Å². The molecule has 5 heteroatoms. The van der Waals surface area contributed by atoms with Gasteiger partial charge in [-0.25, -0.2) is 4.79 Å². The van der Waals surface area contributed by atoms with Gasteiger partial charge in [-0.15, -0.1) is 0 Å². The monoisotopic (exact) mass is 264 g/mol. The predicted molar refractivity (Wildman–Crippen MR) is 74.2 cm³/mol. The number of hydrogen-bond donors (Lipinski definition) is 2. The minimum atomic E-state index is -0.378. The second-order valence-electron chi connectivity index (χ2n) is 5.22. The highest BCUT2D eigenvalue weighted by Gasteiger charge is 2.13.